The van der Waals surface area contributed by atoms with Gasteiger partial charge >= 0.3 is 0 Å². The van der Waals surface area contributed by atoms with Crippen LogP contribution in [0.5, 0.6) is 5.75 Å². The monoisotopic (exact) mass is 393 g/mol. The zero-order chi connectivity index (χ0) is 18.4. The number of rotatable bonds is 7. The van der Waals surface area contributed by atoms with E-state index in [1.165, 1.54) is 11.8 Å². The average Bonchev–Trinajstić information content (AvgIpc) is 2.69. The Bertz CT molecular complexity index is 721. The zero-order valence-electron chi connectivity index (χ0n) is 15.2. The van der Waals surface area contributed by atoms with Gasteiger partial charge in [0, 0.05) is 25.1 Å². The lowest BCUT2D eigenvalue weighted by molar-refractivity contribution is 0.122. The van der Waals surface area contributed by atoms with Crippen LogP contribution in [0, 0.1) is 0 Å². The Morgan fingerprint density at radius 3 is 2.58 bits per heavy atom. The highest BCUT2D eigenvalue weighted by molar-refractivity contribution is 7.98. The second kappa shape index (κ2) is 9.44. The third-order valence-corrected chi connectivity index (χ3v) is 5.04. The van der Waals surface area contributed by atoms with Crippen molar-refractivity contribution in [2.24, 2.45) is 0 Å². The van der Waals surface area contributed by atoms with E-state index in [1.807, 2.05) is 18.4 Å². The van der Waals surface area contributed by atoms with E-state index in [0.717, 1.165) is 48.8 Å². The molecule has 1 aromatic heterocycles. The molecule has 140 valence electrons. The van der Waals surface area contributed by atoms with E-state index in [9.17, 15) is 0 Å². The largest absolute Gasteiger partial charge is 0.494 e. The maximum atomic E-state index is 6.54. The Labute approximate surface area is 164 Å². The first-order chi connectivity index (χ1) is 12.7. The summed E-state index contributed by atoms with van der Waals surface area (Å²) in [6.07, 6.45) is 3.65. The minimum Gasteiger partial charge on any atom is -0.494 e. The van der Waals surface area contributed by atoms with Gasteiger partial charge in [0.2, 0.25) is 0 Å². The first-order valence-electron chi connectivity index (χ1n) is 8.86. The van der Waals surface area contributed by atoms with Gasteiger partial charge in [-0.05, 0) is 30.4 Å². The lowest BCUT2D eigenvalue weighted by atomic mass is 10.1. The molecule has 0 unspecified atom stereocenters. The number of aromatic nitrogens is 2. The molecule has 1 fully saturated rings. The number of anilines is 1. The second-order valence-electron chi connectivity index (χ2n) is 6.07. The molecule has 0 atom stereocenters. The molecule has 0 radical (unpaired) electrons. The van der Waals surface area contributed by atoms with Gasteiger partial charge in [-0.2, -0.15) is 0 Å². The van der Waals surface area contributed by atoms with E-state index >= 15 is 0 Å². The number of benzene rings is 1. The summed E-state index contributed by atoms with van der Waals surface area (Å²) in [5.74, 6) is 1.81. The number of ether oxygens (including phenoxy) is 2. The molecule has 2 aromatic rings. The van der Waals surface area contributed by atoms with Crippen molar-refractivity contribution in [2.45, 2.75) is 24.9 Å². The molecule has 0 amide bonds. The summed E-state index contributed by atoms with van der Waals surface area (Å²) in [4.78, 5) is 11.4. The summed E-state index contributed by atoms with van der Waals surface area (Å²) in [5, 5.41) is 1.22. The van der Waals surface area contributed by atoms with E-state index in [4.69, 9.17) is 26.1 Å². The highest BCUT2D eigenvalue weighted by Gasteiger charge is 2.21. The number of morpholine rings is 1. The average molecular weight is 394 g/mol. The molecular weight excluding hydrogens is 370 g/mol. The van der Waals surface area contributed by atoms with Gasteiger partial charge in [-0.25, -0.2) is 9.97 Å². The van der Waals surface area contributed by atoms with Crippen molar-refractivity contribution in [3.8, 4) is 5.75 Å². The van der Waals surface area contributed by atoms with E-state index < -0.39 is 0 Å². The first kappa shape index (κ1) is 19.3. The molecule has 5 nitrogen and oxygen atoms in total. The van der Waals surface area contributed by atoms with Crippen molar-refractivity contribution in [2.75, 3.05) is 44.1 Å². The Hall–Kier alpha value is -1.50. The third kappa shape index (κ3) is 4.81. The molecule has 3 rings (SSSR count). The summed E-state index contributed by atoms with van der Waals surface area (Å²) in [5.41, 5.74) is 2.12. The fourth-order valence-electron chi connectivity index (χ4n) is 2.83. The molecule has 1 aliphatic rings. The molecule has 26 heavy (non-hydrogen) atoms. The minimum atomic E-state index is 0.525. The Balaban J connectivity index is 1.85. The molecule has 7 heteroatoms. The molecule has 1 aromatic carbocycles. The van der Waals surface area contributed by atoms with Crippen molar-refractivity contribution in [3.05, 3.63) is 40.5 Å². The minimum absolute atomic E-state index is 0.525. The van der Waals surface area contributed by atoms with Gasteiger partial charge < -0.3 is 14.4 Å². The molecule has 0 bridgehead atoms. The van der Waals surface area contributed by atoms with Crippen molar-refractivity contribution in [1.82, 2.24) is 9.97 Å². The summed E-state index contributed by atoms with van der Waals surface area (Å²) in [7, 11) is 0. The zero-order valence-corrected chi connectivity index (χ0v) is 16.8. The summed E-state index contributed by atoms with van der Waals surface area (Å²) < 4.78 is 11.1. The van der Waals surface area contributed by atoms with Crippen LogP contribution in [0.3, 0.4) is 0 Å². The number of halogens is 1. The SMILES string of the molecule is CCCOc1ccc(Cc2c(Cl)nc(SC)nc2N2CCOCC2)cc1. The van der Waals surface area contributed by atoms with Crippen LogP contribution >= 0.6 is 23.4 Å². The highest BCUT2D eigenvalue weighted by atomic mass is 35.5. The number of hydrogen-bond donors (Lipinski definition) is 0. The summed E-state index contributed by atoms with van der Waals surface area (Å²) >= 11 is 8.04. The fourth-order valence-corrected chi connectivity index (χ4v) is 3.48. The van der Waals surface area contributed by atoms with Crippen molar-refractivity contribution in [3.63, 3.8) is 0 Å². The van der Waals surface area contributed by atoms with Crippen LogP contribution in [0.1, 0.15) is 24.5 Å². The molecule has 1 aliphatic heterocycles. The number of hydrogen-bond acceptors (Lipinski definition) is 6. The van der Waals surface area contributed by atoms with E-state index in [-0.39, 0.29) is 0 Å². The number of thioether (sulfide) groups is 1. The maximum absolute atomic E-state index is 6.54. The smallest absolute Gasteiger partial charge is 0.190 e. The standard InChI is InChI=1S/C19H24ClN3O2S/c1-3-10-25-15-6-4-14(5-7-15)13-16-17(20)21-19(26-2)22-18(16)23-8-11-24-12-9-23/h4-7H,3,8-13H2,1-2H3. The lowest BCUT2D eigenvalue weighted by Gasteiger charge is -2.30. The van der Waals surface area contributed by atoms with Gasteiger partial charge in [-0.3, -0.25) is 0 Å². The van der Waals surface area contributed by atoms with Crippen molar-refractivity contribution >= 4 is 29.2 Å². The summed E-state index contributed by atoms with van der Waals surface area (Å²) in [6.45, 7) is 5.88. The topological polar surface area (TPSA) is 47.5 Å². The quantitative estimate of drug-likeness (QED) is 0.401. The molecular formula is C19H24ClN3O2S. The van der Waals surface area contributed by atoms with Crippen molar-refractivity contribution < 1.29 is 9.47 Å². The predicted octanol–water partition coefficient (Wildman–Crippen LogP) is 4.07. The van der Waals surface area contributed by atoms with Gasteiger partial charge in [0.05, 0.1) is 19.8 Å². The first-order valence-corrected chi connectivity index (χ1v) is 10.5. The molecule has 0 aliphatic carbocycles. The van der Waals surface area contributed by atoms with E-state index in [0.29, 0.717) is 29.9 Å². The third-order valence-electron chi connectivity index (χ3n) is 4.18. The van der Waals surface area contributed by atoms with Crippen LogP contribution in [-0.4, -0.2) is 49.1 Å². The van der Waals surface area contributed by atoms with Gasteiger partial charge in [-0.15, -0.1) is 0 Å². The maximum Gasteiger partial charge on any atom is 0.190 e. The van der Waals surface area contributed by atoms with Crippen LogP contribution in [0.4, 0.5) is 5.82 Å². The van der Waals surface area contributed by atoms with Gasteiger partial charge in [-0.1, -0.05) is 42.4 Å². The molecule has 0 saturated carbocycles. The molecule has 2 heterocycles. The molecule has 0 N–H and O–H groups in total. The second-order valence-corrected chi connectivity index (χ2v) is 7.20. The van der Waals surface area contributed by atoms with E-state index in [1.54, 1.807) is 0 Å². The summed E-state index contributed by atoms with van der Waals surface area (Å²) in [6, 6.07) is 8.16. The van der Waals surface area contributed by atoms with Crippen LogP contribution < -0.4 is 9.64 Å². The number of nitrogens with zero attached hydrogens (tertiary/aromatic N) is 3. The predicted molar refractivity (Wildman–Crippen MR) is 107 cm³/mol. The van der Waals surface area contributed by atoms with Crippen LogP contribution in [0.2, 0.25) is 5.15 Å². The van der Waals surface area contributed by atoms with Gasteiger partial charge in [0.15, 0.2) is 5.16 Å². The Kier molecular flexibility index (Phi) is 7.00. The normalized spacial score (nSPS) is 14.5. The van der Waals surface area contributed by atoms with Crippen molar-refractivity contribution in [1.29, 1.82) is 0 Å². The highest BCUT2D eigenvalue weighted by Crippen LogP contribution is 2.30. The Morgan fingerprint density at radius 1 is 1.19 bits per heavy atom. The van der Waals surface area contributed by atoms with E-state index in [2.05, 4.69) is 28.9 Å². The Morgan fingerprint density at radius 2 is 1.92 bits per heavy atom. The van der Waals surface area contributed by atoms with Gasteiger partial charge in [0.1, 0.15) is 16.7 Å². The molecule has 1 saturated heterocycles. The van der Waals surface area contributed by atoms with Crippen LogP contribution in [-0.2, 0) is 11.2 Å². The fraction of sp³-hybridized carbons (Fsp3) is 0.474. The molecule has 0 spiro atoms. The van der Waals surface area contributed by atoms with Gasteiger partial charge in [0.25, 0.3) is 0 Å². The van der Waals surface area contributed by atoms with Crippen LogP contribution in [0.15, 0.2) is 29.4 Å². The van der Waals surface area contributed by atoms with Crippen LogP contribution in [0.25, 0.3) is 0 Å². The lowest BCUT2D eigenvalue weighted by Crippen LogP contribution is -2.37.